The van der Waals surface area contributed by atoms with Crippen molar-refractivity contribution in [3.8, 4) is 0 Å². The number of halogens is 2. The second-order valence-electron chi connectivity index (χ2n) is 5.75. The molecule has 1 aliphatic carbocycles. The maximum Gasteiger partial charge on any atom is 0.229 e. The van der Waals surface area contributed by atoms with E-state index in [4.69, 9.17) is 23.2 Å². The predicted molar refractivity (Wildman–Crippen MR) is 80.8 cm³/mol. The van der Waals surface area contributed by atoms with E-state index in [1.54, 1.807) is 6.92 Å². The van der Waals surface area contributed by atoms with Crippen LogP contribution in [0.15, 0.2) is 30.3 Å². The van der Waals surface area contributed by atoms with Gasteiger partial charge in [-0.3, -0.25) is 4.79 Å². The van der Waals surface area contributed by atoms with Crippen molar-refractivity contribution in [3.05, 3.63) is 35.9 Å². The van der Waals surface area contributed by atoms with Gasteiger partial charge in [-0.05, 0) is 32.3 Å². The van der Waals surface area contributed by atoms with Crippen molar-refractivity contribution in [1.29, 1.82) is 0 Å². The van der Waals surface area contributed by atoms with Gasteiger partial charge in [-0.1, -0.05) is 30.3 Å². The molecule has 0 aromatic heterocycles. The zero-order valence-electron chi connectivity index (χ0n) is 11.6. The Labute approximate surface area is 129 Å². The van der Waals surface area contributed by atoms with E-state index in [1.165, 1.54) is 0 Å². The zero-order chi connectivity index (χ0) is 15.0. The first-order chi connectivity index (χ1) is 9.26. The Balaban J connectivity index is 1.87. The number of carbonyl (C=O) groups is 1. The number of amides is 1. The lowest BCUT2D eigenvalue weighted by Gasteiger charge is -2.21. The van der Waals surface area contributed by atoms with Gasteiger partial charge < -0.3 is 10.4 Å². The van der Waals surface area contributed by atoms with E-state index in [2.05, 4.69) is 5.32 Å². The van der Waals surface area contributed by atoms with Gasteiger partial charge in [0.15, 0.2) is 0 Å². The predicted octanol–water partition coefficient (Wildman–Crippen LogP) is 3.20. The summed E-state index contributed by atoms with van der Waals surface area (Å²) >= 11 is 12.0. The van der Waals surface area contributed by atoms with E-state index >= 15 is 0 Å². The first kappa shape index (κ1) is 15.6. The standard InChI is InChI=1S/C15H19Cl2NO2/c1-10(8-12(19)11-6-4-3-5-7-11)18-13(20)14(2)9-15(14,16)17/h3-7,10,12,19H,8-9H2,1-2H3,(H,18,20). The molecule has 0 spiro atoms. The van der Waals surface area contributed by atoms with Crippen LogP contribution in [-0.2, 0) is 4.79 Å². The molecule has 3 atom stereocenters. The highest BCUT2D eigenvalue weighted by atomic mass is 35.5. The second kappa shape index (κ2) is 5.55. The summed E-state index contributed by atoms with van der Waals surface area (Å²) in [5, 5.41) is 13.0. The van der Waals surface area contributed by atoms with Gasteiger partial charge in [-0.2, -0.15) is 0 Å². The van der Waals surface area contributed by atoms with Gasteiger partial charge in [0.05, 0.1) is 11.5 Å². The van der Waals surface area contributed by atoms with Crippen LogP contribution in [0.2, 0.25) is 0 Å². The van der Waals surface area contributed by atoms with Crippen LogP contribution in [0, 0.1) is 5.41 Å². The number of carbonyl (C=O) groups excluding carboxylic acids is 1. The van der Waals surface area contributed by atoms with Crippen LogP contribution in [0.1, 0.15) is 38.4 Å². The van der Waals surface area contributed by atoms with Crippen molar-refractivity contribution in [2.75, 3.05) is 0 Å². The van der Waals surface area contributed by atoms with E-state index in [-0.39, 0.29) is 11.9 Å². The Kier molecular flexibility index (Phi) is 4.33. The number of nitrogens with one attached hydrogen (secondary N) is 1. The van der Waals surface area contributed by atoms with Crippen molar-refractivity contribution in [1.82, 2.24) is 5.32 Å². The van der Waals surface area contributed by atoms with E-state index in [9.17, 15) is 9.90 Å². The van der Waals surface area contributed by atoms with Crippen molar-refractivity contribution in [2.24, 2.45) is 5.41 Å². The topological polar surface area (TPSA) is 49.3 Å². The molecule has 0 bridgehead atoms. The fourth-order valence-electron chi connectivity index (χ4n) is 2.23. The smallest absolute Gasteiger partial charge is 0.229 e. The molecular formula is C15H19Cl2NO2. The summed E-state index contributed by atoms with van der Waals surface area (Å²) in [6.07, 6.45) is 0.307. The fraction of sp³-hybridized carbons (Fsp3) is 0.533. The third kappa shape index (κ3) is 3.11. The number of alkyl halides is 2. The quantitative estimate of drug-likeness (QED) is 0.820. The molecule has 2 N–H and O–H groups in total. The first-order valence-corrected chi connectivity index (χ1v) is 7.44. The van der Waals surface area contributed by atoms with Crippen molar-refractivity contribution >= 4 is 29.1 Å². The molecule has 110 valence electrons. The average Bonchev–Trinajstić information content (AvgIpc) is 2.91. The summed E-state index contributed by atoms with van der Waals surface area (Å²) in [5.74, 6) is -0.157. The normalized spacial score (nSPS) is 26.6. The lowest BCUT2D eigenvalue weighted by Crippen LogP contribution is -2.39. The average molecular weight is 316 g/mol. The largest absolute Gasteiger partial charge is 0.388 e. The maximum atomic E-state index is 12.1. The molecule has 1 aliphatic rings. The van der Waals surface area contributed by atoms with Crippen LogP contribution < -0.4 is 5.32 Å². The number of rotatable bonds is 5. The Bertz CT molecular complexity index is 492. The van der Waals surface area contributed by atoms with E-state index in [0.29, 0.717) is 12.8 Å². The third-order valence-electron chi connectivity index (χ3n) is 3.90. The van der Waals surface area contributed by atoms with Crippen LogP contribution in [-0.4, -0.2) is 21.4 Å². The van der Waals surface area contributed by atoms with Gasteiger partial charge >= 0.3 is 0 Å². The highest BCUT2D eigenvalue weighted by molar-refractivity contribution is 6.53. The molecule has 5 heteroatoms. The molecular weight excluding hydrogens is 297 g/mol. The molecule has 0 heterocycles. The molecule has 0 aliphatic heterocycles. The molecule has 2 rings (SSSR count). The second-order valence-corrected chi connectivity index (χ2v) is 7.23. The SMILES string of the molecule is CC(CC(O)c1ccccc1)NC(=O)C1(C)CC1(Cl)Cl. The van der Waals surface area contributed by atoms with Crippen LogP contribution in [0.25, 0.3) is 0 Å². The van der Waals surface area contributed by atoms with Gasteiger partial charge in [0, 0.05) is 6.04 Å². The molecule has 0 radical (unpaired) electrons. The Hall–Kier alpha value is -0.770. The summed E-state index contributed by atoms with van der Waals surface area (Å²) < 4.78 is -0.963. The molecule has 0 saturated heterocycles. The van der Waals surface area contributed by atoms with Gasteiger partial charge in [-0.25, -0.2) is 0 Å². The number of aliphatic hydroxyl groups is 1. The number of hydrogen-bond acceptors (Lipinski definition) is 2. The monoisotopic (exact) mass is 315 g/mol. The lowest BCUT2D eigenvalue weighted by atomic mass is 10.0. The molecule has 1 aromatic rings. The number of hydrogen-bond donors (Lipinski definition) is 2. The van der Waals surface area contributed by atoms with Gasteiger partial charge in [0.1, 0.15) is 4.33 Å². The van der Waals surface area contributed by atoms with Crippen LogP contribution in [0.3, 0.4) is 0 Å². The summed E-state index contributed by atoms with van der Waals surface area (Å²) in [5.41, 5.74) is 0.123. The third-order valence-corrected chi connectivity index (χ3v) is 5.00. The Morgan fingerprint density at radius 2 is 1.95 bits per heavy atom. The highest BCUT2D eigenvalue weighted by Gasteiger charge is 2.67. The van der Waals surface area contributed by atoms with Gasteiger partial charge in [0.25, 0.3) is 0 Å². The van der Waals surface area contributed by atoms with Gasteiger partial charge in [0.2, 0.25) is 5.91 Å². The van der Waals surface area contributed by atoms with Crippen LogP contribution in [0.4, 0.5) is 0 Å². The molecule has 1 amide bonds. The molecule has 20 heavy (non-hydrogen) atoms. The lowest BCUT2D eigenvalue weighted by molar-refractivity contribution is -0.126. The fourth-order valence-corrected chi connectivity index (χ4v) is 2.94. The minimum absolute atomic E-state index is 0.153. The number of benzene rings is 1. The van der Waals surface area contributed by atoms with Crippen molar-refractivity contribution < 1.29 is 9.90 Å². The summed E-state index contributed by atoms with van der Waals surface area (Å²) in [6, 6.07) is 9.23. The van der Waals surface area contributed by atoms with Crippen molar-refractivity contribution in [2.45, 2.75) is 43.2 Å². The van der Waals surface area contributed by atoms with E-state index < -0.39 is 15.9 Å². The number of aliphatic hydroxyl groups excluding tert-OH is 1. The molecule has 3 unspecified atom stereocenters. The minimum atomic E-state index is -0.963. The van der Waals surface area contributed by atoms with E-state index in [1.807, 2.05) is 37.3 Å². The van der Waals surface area contributed by atoms with Gasteiger partial charge in [-0.15, -0.1) is 23.2 Å². The molecule has 1 fully saturated rings. The Morgan fingerprint density at radius 1 is 1.40 bits per heavy atom. The van der Waals surface area contributed by atoms with E-state index in [0.717, 1.165) is 5.56 Å². The van der Waals surface area contributed by atoms with Crippen LogP contribution in [0.5, 0.6) is 0 Å². The minimum Gasteiger partial charge on any atom is -0.388 e. The maximum absolute atomic E-state index is 12.1. The summed E-state index contributed by atoms with van der Waals surface area (Å²) in [6.45, 7) is 3.61. The molecule has 3 nitrogen and oxygen atoms in total. The molecule has 1 saturated carbocycles. The summed E-state index contributed by atoms with van der Waals surface area (Å²) in [7, 11) is 0. The van der Waals surface area contributed by atoms with Crippen molar-refractivity contribution in [3.63, 3.8) is 0 Å². The highest BCUT2D eigenvalue weighted by Crippen LogP contribution is 2.63. The molecule has 1 aromatic carbocycles. The first-order valence-electron chi connectivity index (χ1n) is 6.68. The van der Waals surface area contributed by atoms with Crippen LogP contribution >= 0.6 is 23.2 Å². The summed E-state index contributed by atoms with van der Waals surface area (Å²) in [4.78, 5) is 12.1. The zero-order valence-corrected chi connectivity index (χ0v) is 13.1. The Morgan fingerprint density at radius 3 is 2.45 bits per heavy atom.